The summed E-state index contributed by atoms with van der Waals surface area (Å²) in [4.78, 5) is 13.4. The van der Waals surface area contributed by atoms with E-state index in [2.05, 4.69) is 104 Å². The number of aliphatic hydroxyl groups excluding tert-OH is 11. The molecule has 0 aromatic rings. The summed E-state index contributed by atoms with van der Waals surface area (Å²) in [5.74, 6) is -0.286. The van der Waals surface area contributed by atoms with Crippen LogP contribution in [0.1, 0.15) is 226 Å². The maximum Gasteiger partial charge on any atom is 0.220 e. The lowest BCUT2D eigenvalue weighted by atomic mass is 9.96. The molecule has 3 rings (SSSR count). The molecule has 92 heavy (non-hydrogen) atoms. The first kappa shape index (κ1) is 82.9. The number of unbranched alkanes of at least 4 members (excludes halogenated alkanes) is 23. The highest BCUT2D eigenvalue weighted by atomic mass is 16.8. The molecular weight excluding hydrogens is 1180 g/mol. The van der Waals surface area contributed by atoms with Gasteiger partial charge in [-0.15, -0.1) is 0 Å². The molecule has 12 N–H and O–H groups in total. The topological polar surface area (TPSA) is 307 Å². The minimum atomic E-state index is -1.98. The summed E-state index contributed by atoms with van der Waals surface area (Å²) in [6.45, 7) is 1.61. The highest BCUT2D eigenvalue weighted by Gasteiger charge is 2.53. The van der Waals surface area contributed by atoms with Gasteiger partial charge in [0.15, 0.2) is 18.9 Å². The zero-order chi connectivity index (χ0) is 66.8. The minimum absolute atomic E-state index is 0.230. The van der Waals surface area contributed by atoms with E-state index in [9.17, 15) is 61.0 Å². The molecule has 19 heteroatoms. The number of carbonyl (C=O) groups is 1. The number of ether oxygens (including phenoxy) is 6. The largest absolute Gasteiger partial charge is 0.394 e. The Labute approximate surface area is 552 Å². The van der Waals surface area contributed by atoms with Crippen molar-refractivity contribution in [2.75, 3.05) is 26.4 Å². The molecule has 17 atom stereocenters. The first-order valence-corrected chi connectivity index (χ1v) is 35.5. The van der Waals surface area contributed by atoms with Gasteiger partial charge in [-0.3, -0.25) is 4.79 Å². The van der Waals surface area contributed by atoms with E-state index in [4.69, 9.17) is 28.4 Å². The van der Waals surface area contributed by atoms with E-state index < -0.39 is 124 Å². The maximum absolute atomic E-state index is 13.4. The van der Waals surface area contributed by atoms with Gasteiger partial charge in [0.1, 0.15) is 73.2 Å². The fraction of sp³-hybridized carbons (Fsp3) is 0.767. The summed E-state index contributed by atoms with van der Waals surface area (Å²) in [5, 5.41) is 121. The van der Waals surface area contributed by atoms with Gasteiger partial charge in [-0.25, -0.2) is 0 Å². The first-order chi connectivity index (χ1) is 44.8. The lowest BCUT2D eigenvalue weighted by Gasteiger charge is -2.48. The van der Waals surface area contributed by atoms with Crippen molar-refractivity contribution < 1.29 is 89.4 Å². The van der Waals surface area contributed by atoms with E-state index in [0.717, 1.165) is 103 Å². The van der Waals surface area contributed by atoms with Crippen LogP contribution in [0.4, 0.5) is 0 Å². The first-order valence-electron chi connectivity index (χ1n) is 35.5. The molecule has 0 aromatic carbocycles. The monoisotopic (exact) mass is 1300 g/mol. The molecule has 0 aliphatic carbocycles. The fourth-order valence-corrected chi connectivity index (χ4v) is 11.4. The van der Waals surface area contributed by atoms with Crippen LogP contribution in [0.15, 0.2) is 97.2 Å². The van der Waals surface area contributed by atoms with Crippen LogP contribution in [0, 0.1) is 0 Å². The Kier molecular flexibility index (Phi) is 48.5. The summed E-state index contributed by atoms with van der Waals surface area (Å²) in [6.07, 6.45) is 43.7. The van der Waals surface area contributed by atoms with Crippen molar-refractivity contribution in [2.24, 2.45) is 0 Å². The molecule has 3 saturated heterocycles. The Bertz CT molecular complexity index is 2040. The Balaban J connectivity index is 1.41. The quantitative estimate of drug-likeness (QED) is 0.0199. The highest BCUT2D eigenvalue weighted by Crippen LogP contribution is 2.33. The van der Waals surface area contributed by atoms with E-state index in [1.165, 1.54) is 96.3 Å². The molecule has 3 aliphatic heterocycles. The molecule has 0 aromatic heterocycles. The highest BCUT2D eigenvalue weighted by molar-refractivity contribution is 5.76. The van der Waals surface area contributed by atoms with Crippen LogP contribution in [0.3, 0.4) is 0 Å². The van der Waals surface area contributed by atoms with Crippen LogP contribution in [0.25, 0.3) is 0 Å². The summed E-state index contributed by atoms with van der Waals surface area (Å²) in [5.41, 5.74) is 0. The van der Waals surface area contributed by atoms with Crippen molar-refractivity contribution in [1.82, 2.24) is 5.32 Å². The summed E-state index contributed by atoms with van der Waals surface area (Å²) in [6, 6.07) is -0.983. The van der Waals surface area contributed by atoms with Crippen molar-refractivity contribution in [2.45, 2.75) is 330 Å². The van der Waals surface area contributed by atoms with Gasteiger partial charge in [0.2, 0.25) is 5.91 Å². The molecular formula is C73H125NO18. The van der Waals surface area contributed by atoms with Gasteiger partial charge in [0.25, 0.3) is 0 Å². The number of hydrogen-bond donors (Lipinski definition) is 12. The van der Waals surface area contributed by atoms with Crippen LogP contribution in [0.2, 0.25) is 0 Å². The van der Waals surface area contributed by atoms with Crippen molar-refractivity contribution in [3.05, 3.63) is 97.2 Å². The van der Waals surface area contributed by atoms with E-state index in [1.807, 2.05) is 6.08 Å². The van der Waals surface area contributed by atoms with Gasteiger partial charge in [0, 0.05) is 6.42 Å². The molecule has 0 spiro atoms. The second-order valence-corrected chi connectivity index (χ2v) is 25.0. The molecule has 0 saturated carbocycles. The van der Waals surface area contributed by atoms with Gasteiger partial charge in [-0.2, -0.15) is 0 Å². The fourth-order valence-electron chi connectivity index (χ4n) is 11.4. The maximum atomic E-state index is 13.4. The van der Waals surface area contributed by atoms with E-state index in [0.29, 0.717) is 6.42 Å². The number of rotatable bonds is 53. The summed E-state index contributed by atoms with van der Waals surface area (Å²) >= 11 is 0. The standard InChI is InChI=1S/C73H125NO18/c1-3-5-7-9-11-13-15-17-19-21-22-23-24-25-26-27-28-29-30-31-32-33-34-35-37-39-41-43-45-47-49-51-61(79)74-56(57(78)50-48-46-44-42-40-38-36-20-18-16-14-12-10-8-6-4-2)55-87-71-67(85)64(82)69(59(53-76)89-71)92-73-68(86)65(83)70(60(54-77)90-73)91-72-66(84)63(81)62(80)58(52-75)88-72/h5,7,11,13,17,19,22-23,25-26,28-29,31-32,48,50,56-60,62-73,75-78,80-86H,3-4,6,8-10,12,14-16,18,20-21,24,27,30,33-47,49,51-55H2,1-2H3,(H,74,79)/b7-5-,13-11-,19-17-,23-22-,26-25-,29-28-,32-31-,50-48+. The third-order valence-electron chi connectivity index (χ3n) is 17.1. The van der Waals surface area contributed by atoms with Gasteiger partial charge < -0.3 is 89.9 Å². The predicted molar refractivity (Wildman–Crippen MR) is 360 cm³/mol. The molecule has 3 aliphatic rings. The Morgan fingerprint density at radius 1 is 0.402 bits per heavy atom. The summed E-state index contributed by atoms with van der Waals surface area (Å²) < 4.78 is 34.3. The number of nitrogens with one attached hydrogen (secondary N) is 1. The average Bonchev–Trinajstić information content (AvgIpc) is 0.834. The van der Waals surface area contributed by atoms with Crippen molar-refractivity contribution in [3.63, 3.8) is 0 Å². The van der Waals surface area contributed by atoms with Crippen LogP contribution in [0.5, 0.6) is 0 Å². The van der Waals surface area contributed by atoms with Crippen LogP contribution in [-0.2, 0) is 33.2 Å². The third kappa shape index (κ3) is 35.1. The Morgan fingerprint density at radius 2 is 0.750 bits per heavy atom. The molecule has 530 valence electrons. The van der Waals surface area contributed by atoms with Gasteiger partial charge in [-0.1, -0.05) is 239 Å². The van der Waals surface area contributed by atoms with E-state index in [-0.39, 0.29) is 18.9 Å². The van der Waals surface area contributed by atoms with Crippen molar-refractivity contribution >= 4 is 5.91 Å². The second kappa shape index (κ2) is 53.8. The molecule has 0 radical (unpaired) electrons. The van der Waals surface area contributed by atoms with Gasteiger partial charge >= 0.3 is 0 Å². The normalized spacial score (nSPS) is 28.3. The van der Waals surface area contributed by atoms with E-state index >= 15 is 0 Å². The lowest BCUT2D eigenvalue weighted by Crippen LogP contribution is -2.66. The number of carbonyl (C=O) groups excluding carboxylic acids is 1. The molecule has 17 unspecified atom stereocenters. The number of allylic oxidation sites excluding steroid dienone is 15. The predicted octanol–water partition coefficient (Wildman–Crippen LogP) is 9.66. The van der Waals surface area contributed by atoms with Crippen LogP contribution >= 0.6 is 0 Å². The van der Waals surface area contributed by atoms with Crippen molar-refractivity contribution in [1.29, 1.82) is 0 Å². The zero-order valence-electron chi connectivity index (χ0n) is 56.0. The SMILES string of the molecule is CC/C=C\C/C=C\C/C=C\C/C=C\C/C=C\C/C=C\C/C=C\CCCCCCCCCCCC(=O)NC(COC1OC(CO)C(OC2OC(CO)C(OC3OC(CO)C(O)C(O)C3O)C(O)C2O)C(O)C1O)C(O)/C=C/CCCCCCCCCCCCCCCC. The smallest absolute Gasteiger partial charge is 0.220 e. The minimum Gasteiger partial charge on any atom is -0.394 e. The molecule has 19 nitrogen and oxygen atoms in total. The number of hydrogen-bond acceptors (Lipinski definition) is 18. The van der Waals surface area contributed by atoms with Crippen molar-refractivity contribution in [3.8, 4) is 0 Å². The Hall–Kier alpha value is -3.29. The van der Waals surface area contributed by atoms with E-state index in [1.54, 1.807) is 6.08 Å². The average molecular weight is 1300 g/mol. The van der Waals surface area contributed by atoms with Gasteiger partial charge in [0.05, 0.1) is 38.6 Å². The van der Waals surface area contributed by atoms with Crippen LogP contribution in [-0.4, -0.2) is 193 Å². The Morgan fingerprint density at radius 3 is 1.17 bits per heavy atom. The zero-order valence-corrected chi connectivity index (χ0v) is 56.0. The third-order valence-corrected chi connectivity index (χ3v) is 17.1. The molecule has 1 amide bonds. The lowest BCUT2D eigenvalue weighted by molar-refractivity contribution is -0.379. The summed E-state index contributed by atoms with van der Waals surface area (Å²) in [7, 11) is 0. The molecule has 0 bridgehead atoms. The molecule has 3 fully saturated rings. The second-order valence-electron chi connectivity index (χ2n) is 25.0. The molecule has 3 heterocycles. The van der Waals surface area contributed by atoms with Gasteiger partial charge in [-0.05, 0) is 77.0 Å². The van der Waals surface area contributed by atoms with Crippen LogP contribution < -0.4 is 5.32 Å². The number of amides is 1. The number of aliphatic hydroxyl groups is 11.